The fourth-order valence-corrected chi connectivity index (χ4v) is 4.20. The molecule has 4 heterocycles. The van der Waals surface area contributed by atoms with Crippen LogP contribution in [0.4, 0.5) is 5.82 Å². The van der Waals surface area contributed by atoms with Gasteiger partial charge in [0.25, 0.3) is 0 Å². The molecule has 0 bridgehead atoms. The van der Waals surface area contributed by atoms with Gasteiger partial charge in [0.2, 0.25) is 11.7 Å². The fourth-order valence-electron chi connectivity index (χ4n) is 4.20. The van der Waals surface area contributed by atoms with Crippen molar-refractivity contribution in [2.24, 2.45) is 0 Å². The average Bonchev–Trinajstić information content (AvgIpc) is 3.28. The van der Waals surface area contributed by atoms with Crippen LogP contribution in [-0.2, 0) is 4.74 Å². The van der Waals surface area contributed by atoms with E-state index in [4.69, 9.17) is 14.5 Å². The number of aromatic nitrogens is 4. The Morgan fingerprint density at radius 1 is 1.28 bits per heavy atom. The maximum atomic E-state index is 9.39. The number of benzene rings is 1. The zero-order valence-electron chi connectivity index (χ0n) is 18.1. The van der Waals surface area contributed by atoms with Crippen molar-refractivity contribution in [2.45, 2.75) is 38.8 Å². The lowest BCUT2D eigenvalue weighted by molar-refractivity contribution is 0.0238. The summed E-state index contributed by atoms with van der Waals surface area (Å²) in [5, 5.41) is 13.8. The molecule has 1 saturated heterocycles. The molecule has 0 spiro atoms. The van der Waals surface area contributed by atoms with Gasteiger partial charge in [0.05, 0.1) is 42.6 Å². The molecule has 0 amide bonds. The zero-order chi connectivity index (χ0) is 22.1. The summed E-state index contributed by atoms with van der Waals surface area (Å²) in [6.45, 7) is 5.45. The third kappa shape index (κ3) is 3.72. The van der Waals surface area contributed by atoms with Crippen molar-refractivity contribution in [1.82, 2.24) is 19.4 Å². The first-order valence-electron chi connectivity index (χ1n) is 10.8. The quantitative estimate of drug-likeness (QED) is 0.509. The van der Waals surface area contributed by atoms with Crippen molar-refractivity contribution in [3.8, 4) is 11.9 Å². The maximum absolute atomic E-state index is 9.39. The molecule has 1 fully saturated rings. The number of rotatable bonds is 5. The molecule has 162 valence electrons. The lowest BCUT2D eigenvalue weighted by Gasteiger charge is -2.23. The Morgan fingerprint density at radius 3 is 2.94 bits per heavy atom. The summed E-state index contributed by atoms with van der Waals surface area (Å²) < 4.78 is 13.5. The predicted molar refractivity (Wildman–Crippen MR) is 121 cm³/mol. The molecule has 0 unspecified atom stereocenters. The number of nitriles is 1. The summed E-state index contributed by atoms with van der Waals surface area (Å²) in [5.41, 5.74) is 3.58. The van der Waals surface area contributed by atoms with E-state index in [1.807, 2.05) is 41.8 Å². The minimum atomic E-state index is -0.0653. The van der Waals surface area contributed by atoms with Gasteiger partial charge in [-0.1, -0.05) is 12.1 Å². The van der Waals surface area contributed by atoms with Crippen molar-refractivity contribution in [1.29, 1.82) is 5.26 Å². The number of hydrogen-bond acceptors (Lipinski definition) is 7. The lowest BCUT2D eigenvalue weighted by Crippen LogP contribution is -2.26. The number of anilines is 1. The lowest BCUT2D eigenvalue weighted by atomic mass is 9.98. The van der Waals surface area contributed by atoms with Crippen LogP contribution in [0.5, 0.6) is 5.88 Å². The van der Waals surface area contributed by atoms with Gasteiger partial charge < -0.3 is 14.8 Å². The van der Waals surface area contributed by atoms with Crippen LogP contribution in [0.1, 0.15) is 42.5 Å². The highest BCUT2D eigenvalue weighted by Crippen LogP contribution is 2.30. The maximum Gasteiger partial charge on any atom is 0.236 e. The number of nitrogens with one attached hydrogen (secondary N) is 1. The zero-order valence-corrected chi connectivity index (χ0v) is 18.1. The molecule has 1 aromatic carbocycles. The molecule has 1 atom stereocenters. The molecule has 1 aliphatic rings. The first-order valence-corrected chi connectivity index (χ1v) is 10.8. The Morgan fingerprint density at radius 2 is 2.12 bits per heavy atom. The van der Waals surface area contributed by atoms with E-state index >= 15 is 0 Å². The second-order valence-electron chi connectivity index (χ2n) is 8.02. The number of fused-ring (bicyclic) bond motifs is 3. The first kappa shape index (κ1) is 20.2. The Hall–Kier alpha value is -3.70. The topological polar surface area (TPSA) is 97.4 Å². The van der Waals surface area contributed by atoms with E-state index < -0.39 is 0 Å². The van der Waals surface area contributed by atoms with Crippen molar-refractivity contribution >= 4 is 22.5 Å². The molecule has 0 saturated carbocycles. The summed E-state index contributed by atoms with van der Waals surface area (Å²) in [6, 6.07) is 9.91. The van der Waals surface area contributed by atoms with Gasteiger partial charge in [-0.3, -0.25) is 4.40 Å². The number of pyridine rings is 1. The van der Waals surface area contributed by atoms with Gasteiger partial charge in [0.1, 0.15) is 11.9 Å². The normalized spacial score (nSPS) is 15.5. The van der Waals surface area contributed by atoms with Gasteiger partial charge in [-0.15, -0.1) is 0 Å². The molecule has 1 aliphatic heterocycles. The van der Waals surface area contributed by atoms with E-state index in [-0.39, 0.29) is 12.1 Å². The first-order chi connectivity index (χ1) is 15.6. The van der Waals surface area contributed by atoms with Gasteiger partial charge in [0.15, 0.2) is 0 Å². The van der Waals surface area contributed by atoms with Crippen LogP contribution in [0.15, 0.2) is 42.9 Å². The van der Waals surface area contributed by atoms with E-state index in [1.54, 1.807) is 12.4 Å². The van der Waals surface area contributed by atoms with E-state index in [0.717, 1.165) is 34.9 Å². The van der Waals surface area contributed by atoms with Crippen molar-refractivity contribution < 1.29 is 9.47 Å². The van der Waals surface area contributed by atoms with Crippen LogP contribution < -0.4 is 10.1 Å². The predicted octanol–water partition coefficient (Wildman–Crippen LogP) is 4.19. The van der Waals surface area contributed by atoms with E-state index in [2.05, 4.69) is 28.3 Å². The fraction of sp³-hybridized carbons (Fsp3) is 0.333. The Bertz CT molecular complexity index is 1320. The standard InChI is InChI=1S/C24H24N6O2/c1-15-17(13-25)4-3-5-19(15)16(2)28-23-20-12-22(32-18-6-10-31-11-7-18)27-14-21(20)30-9-8-26-24(30)29-23/h3-5,8-9,12,14,16,18H,6-7,10-11H2,1-2H3,(H,26,28,29)/t16-/m1/s1. The van der Waals surface area contributed by atoms with Crippen LogP contribution in [-0.4, -0.2) is 38.7 Å². The van der Waals surface area contributed by atoms with Crippen LogP contribution in [0.2, 0.25) is 0 Å². The molecular formula is C24H24N6O2. The minimum absolute atomic E-state index is 0.0653. The molecule has 1 N–H and O–H groups in total. The SMILES string of the molecule is Cc1c(C#N)cccc1[C@@H](C)Nc1nc2nccn2c2cnc(OC3CCOCC3)cc12. The van der Waals surface area contributed by atoms with Gasteiger partial charge in [-0.2, -0.15) is 10.2 Å². The molecule has 0 aliphatic carbocycles. The van der Waals surface area contributed by atoms with Gasteiger partial charge in [0, 0.05) is 36.7 Å². The van der Waals surface area contributed by atoms with Crippen molar-refractivity contribution in [3.63, 3.8) is 0 Å². The van der Waals surface area contributed by atoms with E-state index in [0.29, 0.717) is 36.3 Å². The van der Waals surface area contributed by atoms with Crippen LogP contribution in [0, 0.1) is 18.3 Å². The van der Waals surface area contributed by atoms with Gasteiger partial charge in [-0.05, 0) is 31.0 Å². The highest BCUT2D eigenvalue weighted by Gasteiger charge is 2.19. The Kier molecular flexibility index (Phi) is 5.33. The van der Waals surface area contributed by atoms with E-state index in [1.165, 1.54) is 0 Å². The third-order valence-electron chi connectivity index (χ3n) is 5.98. The monoisotopic (exact) mass is 428 g/mol. The largest absolute Gasteiger partial charge is 0.474 e. The number of ether oxygens (including phenoxy) is 2. The number of imidazole rings is 1. The summed E-state index contributed by atoms with van der Waals surface area (Å²) in [6.07, 6.45) is 7.22. The summed E-state index contributed by atoms with van der Waals surface area (Å²) in [4.78, 5) is 13.7. The second-order valence-corrected chi connectivity index (χ2v) is 8.02. The smallest absolute Gasteiger partial charge is 0.236 e. The molecule has 8 heteroatoms. The molecule has 32 heavy (non-hydrogen) atoms. The highest BCUT2D eigenvalue weighted by atomic mass is 16.5. The second kappa shape index (κ2) is 8.44. The molecular weight excluding hydrogens is 404 g/mol. The molecule has 4 aromatic rings. The average molecular weight is 428 g/mol. The highest BCUT2D eigenvalue weighted by molar-refractivity contribution is 5.91. The summed E-state index contributed by atoms with van der Waals surface area (Å²) >= 11 is 0. The third-order valence-corrected chi connectivity index (χ3v) is 5.98. The minimum Gasteiger partial charge on any atom is -0.474 e. The molecule has 5 rings (SSSR count). The number of nitrogens with zero attached hydrogens (tertiary/aromatic N) is 5. The number of hydrogen-bond donors (Lipinski definition) is 1. The summed E-state index contributed by atoms with van der Waals surface area (Å²) in [7, 11) is 0. The molecule has 0 radical (unpaired) electrons. The van der Waals surface area contributed by atoms with Crippen molar-refractivity contribution in [3.05, 3.63) is 59.5 Å². The van der Waals surface area contributed by atoms with Crippen LogP contribution in [0.3, 0.4) is 0 Å². The van der Waals surface area contributed by atoms with Crippen LogP contribution in [0.25, 0.3) is 16.7 Å². The van der Waals surface area contributed by atoms with Crippen LogP contribution >= 0.6 is 0 Å². The Labute approximate surface area is 185 Å². The van der Waals surface area contributed by atoms with Gasteiger partial charge >= 0.3 is 0 Å². The summed E-state index contributed by atoms with van der Waals surface area (Å²) in [5.74, 6) is 1.87. The Balaban J connectivity index is 1.54. The van der Waals surface area contributed by atoms with E-state index in [9.17, 15) is 5.26 Å². The van der Waals surface area contributed by atoms with Gasteiger partial charge in [-0.25, -0.2) is 9.97 Å². The molecule has 8 nitrogen and oxygen atoms in total. The molecule has 3 aromatic heterocycles. The van der Waals surface area contributed by atoms with Crippen molar-refractivity contribution in [2.75, 3.05) is 18.5 Å².